The molecular formula is C22H34N4O7. The number of aliphatic hydroxyl groups is 1. The number of hydrogen-bond donors (Lipinski definition) is 5. The van der Waals surface area contributed by atoms with Crippen molar-refractivity contribution < 1.29 is 34.2 Å². The quantitative estimate of drug-likeness (QED) is 0.193. The van der Waals surface area contributed by atoms with E-state index in [-0.39, 0.29) is 12.3 Å². The van der Waals surface area contributed by atoms with Gasteiger partial charge in [-0.1, -0.05) is 34.6 Å². The molecule has 1 rings (SSSR count). The lowest BCUT2D eigenvalue weighted by molar-refractivity contribution is -0.174. The van der Waals surface area contributed by atoms with Gasteiger partial charge in [0.1, 0.15) is 12.6 Å². The van der Waals surface area contributed by atoms with E-state index in [0.717, 1.165) is 6.92 Å². The number of carbonyl (C=O) groups is 4. The molecular weight excluding hydrogens is 432 g/mol. The largest absolute Gasteiger partial charge is 0.462 e. The molecule has 0 saturated carbocycles. The molecule has 11 nitrogen and oxygen atoms in total. The van der Waals surface area contributed by atoms with Crippen LogP contribution in [-0.4, -0.2) is 57.2 Å². The summed E-state index contributed by atoms with van der Waals surface area (Å²) in [5.41, 5.74) is -1.51. The maximum Gasteiger partial charge on any atom is 0.302 e. The molecule has 3 amide bonds. The van der Waals surface area contributed by atoms with Crippen LogP contribution in [0, 0.1) is 17.3 Å². The summed E-state index contributed by atoms with van der Waals surface area (Å²) >= 11 is 0. The number of hydroxylamine groups is 1. The predicted octanol–water partition coefficient (Wildman–Crippen LogP) is 1.01. The van der Waals surface area contributed by atoms with Crippen molar-refractivity contribution >= 4 is 29.4 Å². The Morgan fingerprint density at radius 1 is 1.09 bits per heavy atom. The first-order valence-corrected chi connectivity index (χ1v) is 10.5. The first-order valence-electron chi connectivity index (χ1n) is 10.5. The van der Waals surface area contributed by atoms with E-state index >= 15 is 0 Å². The zero-order valence-corrected chi connectivity index (χ0v) is 19.8. The number of aromatic nitrogens is 1. The molecule has 1 aromatic heterocycles. The van der Waals surface area contributed by atoms with Gasteiger partial charge in [0.2, 0.25) is 11.8 Å². The highest BCUT2D eigenvalue weighted by atomic mass is 16.5. The highest BCUT2D eigenvalue weighted by Gasteiger charge is 2.50. The smallest absolute Gasteiger partial charge is 0.302 e. The fraction of sp³-hybridized carbons (Fsp3) is 0.591. The van der Waals surface area contributed by atoms with E-state index in [1.807, 2.05) is 0 Å². The summed E-state index contributed by atoms with van der Waals surface area (Å²) in [6.45, 7) is 8.98. The van der Waals surface area contributed by atoms with Gasteiger partial charge >= 0.3 is 5.97 Å². The Labute approximate surface area is 193 Å². The monoisotopic (exact) mass is 466 g/mol. The SMILES string of the molecule is CC(=O)OC[C@](O)(C(=O)NO)[C@@H](CC(C)C)C(=O)N[C@H](C(=O)Nc1ccncc1)C(C)(C)C. The molecule has 1 aromatic rings. The summed E-state index contributed by atoms with van der Waals surface area (Å²) in [4.78, 5) is 53.9. The van der Waals surface area contributed by atoms with Crippen LogP contribution in [0.2, 0.25) is 0 Å². The van der Waals surface area contributed by atoms with Crippen LogP contribution in [0.1, 0.15) is 48.0 Å². The molecule has 0 radical (unpaired) electrons. The van der Waals surface area contributed by atoms with Gasteiger partial charge in [-0.25, -0.2) is 5.48 Å². The van der Waals surface area contributed by atoms with E-state index in [1.54, 1.807) is 46.8 Å². The first-order chi connectivity index (χ1) is 15.2. The van der Waals surface area contributed by atoms with Gasteiger partial charge in [-0.05, 0) is 29.9 Å². The van der Waals surface area contributed by atoms with Crippen LogP contribution in [0.5, 0.6) is 0 Å². The van der Waals surface area contributed by atoms with E-state index < -0.39 is 53.3 Å². The van der Waals surface area contributed by atoms with Crippen LogP contribution in [0.4, 0.5) is 5.69 Å². The van der Waals surface area contributed by atoms with Crippen LogP contribution >= 0.6 is 0 Å². The summed E-state index contributed by atoms with van der Waals surface area (Å²) in [6, 6.07) is 2.12. The maximum absolute atomic E-state index is 13.3. The average molecular weight is 467 g/mol. The lowest BCUT2D eigenvalue weighted by Crippen LogP contribution is -2.62. The molecule has 0 aliphatic carbocycles. The predicted molar refractivity (Wildman–Crippen MR) is 119 cm³/mol. The zero-order chi connectivity index (χ0) is 25.4. The van der Waals surface area contributed by atoms with Crippen molar-refractivity contribution in [2.24, 2.45) is 17.3 Å². The molecule has 0 aromatic carbocycles. The fourth-order valence-corrected chi connectivity index (χ4v) is 3.19. The van der Waals surface area contributed by atoms with Crippen LogP contribution in [0.3, 0.4) is 0 Å². The molecule has 0 spiro atoms. The minimum atomic E-state index is -2.57. The van der Waals surface area contributed by atoms with Crippen molar-refractivity contribution in [3.63, 3.8) is 0 Å². The van der Waals surface area contributed by atoms with Crippen LogP contribution in [0.25, 0.3) is 0 Å². The van der Waals surface area contributed by atoms with Crippen LogP contribution < -0.4 is 16.1 Å². The minimum Gasteiger partial charge on any atom is -0.462 e. The number of amides is 3. The number of ether oxygens (including phenoxy) is 1. The molecule has 5 N–H and O–H groups in total. The van der Waals surface area contributed by atoms with Gasteiger partial charge in [0.25, 0.3) is 5.91 Å². The van der Waals surface area contributed by atoms with Crippen LogP contribution in [-0.2, 0) is 23.9 Å². The molecule has 0 aliphatic rings. The molecule has 184 valence electrons. The van der Waals surface area contributed by atoms with Crippen molar-refractivity contribution in [3.8, 4) is 0 Å². The molecule has 0 fully saturated rings. The van der Waals surface area contributed by atoms with E-state index in [9.17, 15) is 24.3 Å². The third kappa shape index (κ3) is 8.10. The first kappa shape index (κ1) is 28.0. The van der Waals surface area contributed by atoms with E-state index in [1.165, 1.54) is 17.9 Å². The van der Waals surface area contributed by atoms with E-state index in [4.69, 9.17) is 9.94 Å². The lowest BCUT2D eigenvalue weighted by atomic mass is 9.79. The number of anilines is 1. The second-order valence-electron chi connectivity index (χ2n) is 9.36. The fourth-order valence-electron chi connectivity index (χ4n) is 3.19. The zero-order valence-electron chi connectivity index (χ0n) is 19.8. The molecule has 0 saturated heterocycles. The van der Waals surface area contributed by atoms with Gasteiger partial charge in [-0.2, -0.15) is 0 Å². The summed E-state index contributed by atoms with van der Waals surface area (Å²) in [5.74, 6) is -5.03. The number of nitrogens with one attached hydrogen (secondary N) is 3. The van der Waals surface area contributed by atoms with Gasteiger partial charge < -0.3 is 20.5 Å². The third-order valence-corrected chi connectivity index (χ3v) is 4.95. The maximum atomic E-state index is 13.3. The number of nitrogens with zero attached hydrogens (tertiary/aromatic N) is 1. The number of carbonyl (C=O) groups excluding carboxylic acids is 4. The molecule has 0 unspecified atom stereocenters. The normalized spacial score (nSPS) is 15.1. The average Bonchev–Trinajstić information content (AvgIpc) is 2.72. The molecule has 0 bridgehead atoms. The Morgan fingerprint density at radius 3 is 2.12 bits per heavy atom. The summed E-state index contributed by atoms with van der Waals surface area (Å²) in [5, 5.41) is 25.6. The Hall–Kier alpha value is -3.05. The van der Waals surface area contributed by atoms with Gasteiger partial charge in [0.15, 0.2) is 5.60 Å². The van der Waals surface area contributed by atoms with Crippen molar-refractivity contribution in [1.29, 1.82) is 0 Å². The highest BCUT2D eigenvalue weighted by molar-refractivity contribution is 5.99. The molecule has 11 heteroatoms. The standard InChI is InChI=1S/C22H34N4O7/c1-13(2)11-16(22(31,20(30)26-32)12-33-14(3)27)18(28)25-17(21(4,5)6)19(29)24-15-7-9-23-10-8-15/h7-10,13,16-17,31-32H,11-12H2,1-6H3,(H,25,28)(H,26,30)(H,23,24,29)/t16-,17+,22+/m0/s1. The van der Waals surface area contributed by atoms with Gasteiger partial charge in [0.05, 0.1) is 5.92 Å². The topological polar surface area (TPSA) is 167 Å². The minimum absolute atomic E-state index is 0.000144. The Morgan fingerprint density at radius 2 is 1.67 bits per heavy atom. The summed E-state index contributed by atoms with van der Waals surface area (Å²) in [6.07, 6.45) is 3.00. The highest BCUT2D eigenvalue weighted by Crippen LogP contribution is 2.28. The second kappa shape index (κ2) is 11.7. The number of rotatable bonds is 10. The van der Waals surface area contributed by atoms with Gasteiger partial charge in [0, 0.05) is 25.0 Å². The Bertz CT molecular complexity index is 839. The third-order valence-electron chi connectivity index (χ3n) is 4.95. The molecule has 0 aliphatic heterocycles. The second-order valence-corrected chi connectivity index (χ2v) is 9.36. The lowest BCUT2D eigenvalue weighted by Gasteiger charge is -2.36. The Balaban J connectivity index is 3.28. The van der Waals surface area contributed by atoms with Gasteiger partial charge in [-0.15, -0.1) is 0 Å². The van der Waals surface area contributed by atoms with E-state index in [2.05, 4.69) is 15.6 Å². The molecule has 3 atom stereocenters. The van der Waals surface area contributed by atoms with Crippen molar-refractivity contribution in [2.45, 2.75) is 59.6 Å². The number of hydrogen-bond acceptors (Lipinski definition) is 8. The summed E-state index contributed by atoms with van der Waals surface area (Å²) < 4.78 is 4.82. The Kier molecular flexibility index (Phi) is 9.93. The molecule has 33 heavy (non-hydrogen) atoms. The van der Waals surface area contributed by atoms with E-state index in [0.29, 0.717) is 5.69 Å². The summed E-state index contributed by atoms with van der Waals surface area (Å²) in [7, 11) is 0. The number of esters is 1. The van der Waals surface area contributed by atoms with Crippen molar-refractivity contribution in [2.75, 3.05) is 11.9 Å². The molecule has 1 heterocycles. The van der Waals surface area contributed by atoms with Crippen molar-refractivity contribution in [3.05, 3.63) is 24.5 Å². The number of pyridine rings is 1. The van der Waals surface area contributed by atoms with Crippen LogP contribution in [0.15, 0.2) is 24.5 Å². The van der Waals surface area contributed by atoms with Gasteiger partial charge in [-0.3, -0.25) is 29.4 Å². The van der Waals surface area contributed by atoms with Crippen molar-refractivity contribution in [1.82, 2.24) is 15.8 Å².